The SMILES string of the molecule is COc1ccccc1N=C1C=C(c2ccccc2)N2CCCC[C@@H]2C1. The Kier molecular flexibility index (Phi) is 4.55. The number of rotatable bonds is 3. The monoisotopic (exact) mass is 332 g/mol. The summed E-state index contributed by atoms with van der Waals surface area (Å²) in [6.07, 6.45) is 7.11. The first kappa shape index (κ1) is 15.9. The van der Waals surface area contributed by atoms with E-state index in [0.29, 0.717) is 6.04 Å². The molecule has 0 unspecified atom stereocenters. The summed E-state index contributed by atoms with van der Waals surface area (Å²) in [5.74, 6) is 0.829. The van der Waals surface area contributed by atoms with Gasteiger partial charge >= 0.3 is 0 Å². The highest BCUT2D eigenvalue weighted by Gasteiger charge is 2.29. The number of methoxy groups -OCH3 is 1. The topological polar surface area (TPSA) is 24.8 Å². The normalized spacial score (nSPS) is 21.6. The second-order valence-electron chi connectivity index (χ2n) is 6.72. The van der Waals surface area contributed by atoms with Crippen LogP contribution in [0.4, 0.5) is 5.69 Å². The van der Waals surface area contributed by atoms with E-state index in [4.69, 9.17) is 9.73 Å². The quantitative estimate of drug-likeness (QED) is 0.784. The Morgan fingerprint density at radius 3 is 2.64 bits per heavy atom. The number of piperidine rings is 1. The van der Waals surface area contributed by atoms with Gasteiger partial charge in [-0.3, -0.25) is 0 Å². The molecule has 128 valence electrons. The van der Waals surface area contributed by atoms with Crippen molar-refractivity contribution in [3.8, 4) is 5.75 Å². The molecule has 3 nitrogen and oxygen atoms in total. The van der Waals surface area contributed by atoms with Crippen LogP contribution < -0.4 is 4.74 Å². The summed E-state index contributed by atoms with van der Waals surface area (Å²) in [6.45, 7) is 1.15. The summed E-state index contributed by atoms with van der Waals surface area (Å²) in [4.78, 5) is 7.53. The largest absolute Gasteiger partial charge is 0.494 e. The Morgan fingerprint density at radius 1 is 1.00 bits per heavy atom. The van der Waals surface area contributed by atoms with E-state index in [-0.39, 0.29) is 0 Å². The van der Waals surface area contributed by atoms with Crippen LogP contribution in [0.2, 0.25) is 0 Å². The number of benzene rings is 2. The van der Waals surface area contributed by atoms with E-state index in [1.165, 1.54) is 30.5 Å². The van der Waals surface area contributed by atoms with Crippen molar-refractivity contribution in [3.63, 3.8) is 0 Å². The zero-order valence-electron chi connectivity index (χ0n) is 14.7. The van der Waals surface area contributed by atoms with Crippen molar-refractivity contribution in [1.82, 2.24) is 4.90 Å². The molecule has 4 rings (SSSR count). The molecule has 2 aromatic rings. The van der Waals surface area contributed by atoms with Crippen molar-refractivity contribution < 1.29 is 4.74 Å². The fraction of sp³-hybridized carbons (Fsp3) is 0.318. The van der Waals surface area contributed by atoms with Crippen molar-refractivity contribution in [2.24, 2.45) is 4.99 Å². The minimum atomic E-state index is 0.558. The first-order valence-electron chi connectivity index (χ1n) is 9.09. The van der Waals surface area contributed by atoms with Gasteiger partial charge in [0.2, 0.25) is 0 Å². The second-order valence-corrected chi connectivity index (χ2v) is 6.72. The third kappa shape index (κ3) is 3.32. The van der Waals surface area contributed by atoms with Gasteiger partial charge in [-0.1, -0.05) is 42.5 Å². The number of allylic oxidation sites excluding steroid dienone is 1. The number of fused-ring (bicyclic) bond motifs is 1. The van der Waals surface area contributed by atoms with Crippen LogP contribution in [-0.4, -0.2) is 30.3 Å². The fourth-order valence-electron chi connectivity index (χ4n) is 3.88. The highest BCUT2D eigenvalue weighted by atomic mass is 16.5. The van der Waals surface area contributed by atoms with Gasteiger partial charge in [-0.05, 0) is 43.0 Å². The number of para-hydroxylation sites is 2. The van der Waals surface area contributed by atoms with E-state index >= 15 is 0 Å². The van der Waals surface area contributed by atoms with Crippen LogP contribution in [0, 0.1) is 0 Å². The zero-order valence-corrected chi connectivity index (χ0v) is 14.7. The molecule has 0 saturated carbocycles. The Hall–Kier alpha value is -2.55. The Morgan fingerprint density at radius 2 is 1.80 bits per heavy atom. The van der Waals surface area contributed by atoms with Gasteiger partial charge in [-0.25, -0.2) is 4.99 Å². The Labute approximate surface area is 149 Å². The van der Waals surface area contributed by atoms with Gasteiger partial charge in [-0.2, -0.15) is 0 Å². The van der Waals surface area contributed by atoms with E-state index in [1.54, 1.807) is 7.11 Å². The third-order valence-electron chi connectivity index (χ3n) is 5.10. The smallest absolute Gasteiger partial charge is 0.144 e. The summed E-state index contributed by atoms with van der Waals surface area (Å²) in [7, 11) is 1.70. The van der Waals surface area contributed by atoms with E-state index in [0.717, 1.165) is 30.1 Å². The van der Waals surface area contributed by atoms with E-state index < -0.39 is 0 Å². The van der Waals surface area contributed by atoms with Gasteiger partial charge in [0.1, 0.15) is 11.4 Å². The van der Waals surface area contributed by atoms with Crippen LogP contribution in [0.15, 0.2) is 65.7 Å². The molecule has 1 saturated heterocycles. The Bertz CT molecular complexity index is 795. The maximum Gasteiger partial charge on any atom is 0.144 e. The van der Waals surface area contributed by atoms with Gasteiger partial charge in [0.25, 0.3) is 0 Å². The molecule has 2 aliphatic rings. The van der Waals surface area contributed by atoms with Crippen LogP contribution in [0.3, 0.4) is 0 Å². The van der Waals surface area contributed by atoms with Gasteiger partial charge < -0.3 is 9.64 Å². The van der Waals surface area contributed by atoms with Crippen LogP contribution in [-0.2, 0) is 0 Å². The average Bonchev–Trinajstić information content (AvgIpc) is 2.68. The lowest BCUT2D eigenvalue weighted by Crippen LogP contribution is -2.42. The highest BCUT2D eigenvalue weighted by molar-refractivity contribution is 6.04. The minimum Gasteiger partial charge on any atom is -0.494 e. The minimum absolute atomic E-state index is 0.558. The molecule has 0 spiro atoms. The van der Waals surface area contributed by atoms with Crippen molar-refractivity contribution in [1.29, 1.82) is 0 Å². The molecule has 1 fully saturated rings. The maximum atomic E-state index is 5.47. The van der Waals surface area contributed by atoms with Gasteiger partial charge in [0.15, 0.2) is 0 Å². The number of aliphatic imine (C=N–C) groups is 1. The summed E-state index contributed by atoms with van der Waals surface area (Å²) in [6, 6.07) is 19.2. The molecule has 2 aliphatic heterocycles. The molecule has 0 radical (unpaired) electrons. The van der Waals surface area contributed by atoms with Crippen LogP contribution in [0.5, 0.6) is 5.75 Å². The van der Waals surface area contributed by atoms with Crippen molar-refractivity contribution in [2.45, 2.75) is 31.7 Å². The first-order valence-corrected chi connectivity index (χ1v) is 9.09. The van der Waals surface area contributed by atoms with Crippen molar-refractivity contribution >= 4 is 17.1 Å². The molecule has 0 aliphatic carbocycles. The number of ether oxygens (including phenoxy) is 1. The molecule has 0 N–H and O–H groups in total. The maximum absolute atomic E-state index is 5.47. The summed E-state index contributed by atoms with van der Waals surface area (Å²) in [5.41, 5.74) is 4.64. The average molecular weight is 332 g/mol. The Balaban J connectivity index is 1.76. The standard InChI is InChI=1S/C22H24N2O/c1-25-22-13-6-5-12-20(22)23-18-15-19-11-7-8-14-24(19)21(16-18)17-9-3-2-4-10-17/h2-6,9-10,12-13,16,19H,7-8,11,14-15H2,1H3/t19-/m1/s1. The second kappa shape index (κ2) is 7.14. The van der Waals surface area contributed by atoms with Crippen LogP contribution in [0.1, 0.15) is 31.2 Å². The lowest BCUT2D eigenvalue weighted by atomic mass is 9.90. The molecule has 2 aromatic carbocycles. The van der Waals surface area contributed by atoms with Crippen molar-refractivity contribution in [3.05, 3.63) is 66.2 Å². The lowest BCUT2D eigenvalue weighted by Gasteiger charge is -2.42. The van der Waals surface area contributed by atoms with Gasteiger partial charge in [0.05, 0.1) is 7.11 Å². The van der Waals surface area contributed by atoms with E-state index in [1.807, 2.05) is 24.3 Å². The van der Waals surface area contributed by atoms with Gasteiger partial charge in [-0.15, -0.1) is 0 Å². The number of hydrogen-bond acceptors (Lipinski definition) is 3. The molecular formula is C22H24N2O. The van der Waals surface area contributed by atoms with Crippen LogP contribution in [0.25, 0.3) is 5.70 Å². The molecular weight excluding hydrogens is 308 g/mol. The summed E-state index contributed by atoms with van der Waals surface area (Å²) >= 11 is 0. The molecule has 1 atom stereocenters. The molecule has 0 aromatic heterocycles. The molecule has 0 bridgehead atoms. The molecule has 0 amide bonds. The predicted octanol–water partition coefficient (Wildman–Crippen LogP) is 5.07. The lowest BCUT2D eigenvalue weighted by molar-refractivity contribution is 0.229. The third-order valence-corrected chi connectivity index (χ3v) is 5.10. The molecule has 25 heavy (non-hydrogen) atoms. The fourth-order valence-corrected chi connectivity index (χ4v) is 3.88. The molecule has 3 heteroatoms. The van der Waals surface area contributed by atoms with E-state index in [9.17, 15) is 0 Å². The zero-order chi connectivity index (χ0) is 17.1. The number of hydrogen-bond donors (Lipinski definition) is 0. The molecule has 2 heterocycles. The van der Waals surface area contributed by atoms with Crippen LogP contribution >= 0.6 is 0 Å². The predicted molar refractivity (Wildman–Crippen MR) is 103 cm³/mol. The summed E-state index contributed by atoms with van der Waals surface area (Å²) in [5, 5.41) is 0. The first-order chi connectivity index (χ1) is 12.3. The summed E-state index contributed by atoms with van der Waals surface area (Å²) < 4.78 is 5.47. The van der Waals surface area contributed by atoms with Crippen molar-refractivity contribution in [2.75, 3.05) is 13.7 Å². The highest BCUT2D eigenvalue weighted by Crippen LogP contribution is 2.35. The number of nitrogens with zero attached hydrogens (tertiary/aromatic N) is 2. The van der Waals surface area contributed by atoms with Gasteiger partial charge in [0, 0.05) is 30.4 Å². The van der Waals surface area contributed by atoms with E-state index in [2.05, 4.69) is 41.3 Å².